The molecule has 0 saturated heterocycles. The first kappa shape index (κ1) is 39.6. The third-order valence-corrected chi connectivity index (χ3v) is 14.8. The van der Waals surface area contributed by atoms with Crippen LogP contribution in [-0.4, -0.2) is 32.6 Å². The molecule has 6 aromatic carbocycles. The van der Waals surface area contributed by atoms with E-state index in [0.29, 0.717) is 13.2 Å². The fourth-order valence-corrected chi connectivity index (χ4v) is 11.6. The van der Waals surface area contributed by atoms with Gasteiger partial charge in [0.1, 0.15) is 5.82 Å². The summed E-state index contributed by atoms with van der Waals surface area (Å²) in [6, 6.07) is 43.5. The number of nitrogens with one attached hydrogen (secondary N) is 3. The smallest absolute Gasteiger partial charge is 0.123 e. The van der Waals surface area contributed by atoms with Crippen LogP contribution in [0.25, 0.3) is 32.7 Å². The van der Waals surface area contributed by atoms with Crippen LogP contribution in [0, 0.1) is 12.7 Å². The molecule has 3 aromatic heterocycles. The summed E-state index contributed by atoms with van der Waals surface area (Å²) in [7, 11) is 0. The molecule has 0 spiro atoms. The minimum absolute atomic E-state index is 0.113. The number of aromatic amines is 3. The second-order valence-corrected chi connectivity index (χ2v) is 18.4. The first-order valence-corrected chi connectivity index (χ1v) is 22.5. The van der Waals surface area contributed by atoms with Gasteiger partial charge in [0, 0.05) is 99.9 Å². The highest BCUT2D eigenvalue weighted by Crippen LogP contribution is 2.41. The molecule has 0 radical (unpaired) electrons. The zero-order valence-corrected chi connectivity index (χ0v) is 35.7. The van der Waals surface area contributed by atoms with Crippen LogP contribution in [0.3, 0.4) is 0 Å². The summed E-state index contributed by atoms with van der Waals surface area (Å²) in [6.07, 6.45) is 8.70. The molecule has 0 aliphatic carbocycles. The summed E-state index contributed by atoms with van der Waals surface area (Å²) in [5, 5.41) is 3.94. The van der Waals surface area contributed by atoms with Crippen LogP contribution in [0.2, 0.25) is 5.02 Å². The Morgan fingerprint density at radius 3 is 1.93 bits per heavy atom. The van der Waals surface area contributed by atoms with Gasteiger partial charge in [-0.05, 0) is 103 Å². The lowest BCUT2D eigenvalue weighted by Crippen LogP contribution is -2.41. The van der Waals surface area contributed by atoms with Crippen molar-refractivity contribution in [1.29, 1.82) is 0 Å². The van der Waals surface area contributed by atoms with Gasteiger partial charge < -0.3 is 20.7 Å². The molecule has 3 heterocycles. The van der Waals surface area contributed by atoms with E-state index in [4.69, 9.17) is 17.3 Å². The number of rotatable bonds is 15. The Bertz CT molecular complexity index is 2900. The Kier molecular flexibility index (Phi) is 11.9. The van der Waals surface area contributed by atoms with Crippen LogP contribution in [-0.2, 0) is 19.4 Å². The normalized spacial score (nSPS) is 12.4. The van der Waals surface area contributed by atoms with Gasteiger partial charge in [-0.3, -0.25) is 4.90 Å². The third kappa shape index (κ3) is 8.59. The second kappa shape index (κ2) is 17.8. The van der Waals surface area contributed by atoms with Gasteiger partial charge in [0.05, 0.1) is 5.02 Å². The van der Waals surface area contributed by atoms with Crippen molar-refractivity contribution in [2.45, 2.75) is 68.1 Å². The Hall–Kier alpha value is -4.87. The lowest BCUT2D eigenvalue weighted by Gasteiger charge is -2.32. The van der Waals surface area contributed by atoms with Gasteiger partial charge in [0.2, 0.25) is 0 Å². The van der Waals surface area contributed by atoms with Crippen LogP contribution in [0.5, 0.6) is 0 Å². The highest BCUT2D eigenvalue weighted by atomic mass is 35.5. The van der Waals surface area contributed by atoms with Crippen LogP contribution in [0.1, 0.15) is 28.7 Å². The number of benzene rings is 6. The van der Waals surface area contributed by atoms with Gasteiger partial charge in [-0.25, -0.2) is 4.39 Å². The minimum Gasteiger partial charge on any atom is -0.360 e. The van der Waals surface area contributed by atoms with Crippen molar-refractivity contribution in [3.8, 4) is 0 Å². The molecular formula is C49H43ClFN5S3. The number of hydrogen-bond acceptors (Lipinski definition) is 5. The molecule has 10 heteroatoms. The van der Waals surface area contributed by atoms with Gasteiger partial charge in [0.25, 0.3) is 0 Å². The van der Waals surface area contributed by atoms with Crippen LogP contribution in [0.15, 0.2) is 175 Å². The predicted octanol–water partition coefficient (Wildman–Crippen LogP) is 13.6. The van der Waals surface area contributed by atoms with E-state index in [0.717, 1.165) is 61.4 Å². The second-order valence-electron chi connectivity index (χ2n) is 14.8. The molecule has 296 valence electrons. The highest BCUT2D eigenvalue weighted by molar-refractivity contribution is 8.00. The van der Waals surface area contributed by atoms with Gasteiger partial charge in [-0.15, -0.1) is 0 Å². The number of nitrogens with zero attached hydrogens (tertiary/aromatic N) is 1. The van der Waals surface area contributed by atoms with E-state index >= 15 is 0 Å². The lowest BCUT2D eigenvalue weighted by molar-refractivity contribution is 0.179. The fourth-order valence-electron chi connectivity index (χ4n) is 7.98. The standard InChI is InChI=1S/C49H43ClFN5S3/c1-31-10-8-15-40-48(31)46(27-54-40)59-44-19-7-4-13-34(44)29-56(30-52)36(24-33-12-3-6-18-43(33)58-47-28-55-41-16-9-14-38(50)49(41)47)22-20-32-11-2-5-17-42(32)57-45-26-53-39-23-21-35(51)25-37(39)45/h2-19,21,23,25-28,36,53-55H,20,22,24,29-30,52H2,1H3. The van der Waals surface area contributed by atoms with E-state index in [1.807, 2.05) is 30.1 Å². The first-order chi connectivity index (χ1) is 28.9. The van der Waals surface area contributed by atoms with E-state index in [1.54, 1.807) is 35.7 Å². The van der Waals surface area contributed by atoms with Crippen molar-refractivity contribution in [3.63, 3.8) is 0 Å². The number of halogens is 2. The number of hydrogen-bond donors (Lipinski definition) is 4. The number of aromatic nitrogens is 3. The average Bonchev–Trinajstić information content (AvgIpc) is 3.98. The van der Waals surface area contributed by atoms with E-state index in [2.05, 4.69) is 136 Å². The Morgan fingerprint density at radius 2 is 1.19 bits per heavy atom. The first-order valence-electron chi connectivity index (χ1n) is 19.7. The molecule has 5 N–H and O–H groups in total. The third-order valence-electron chi connectivity index (χ3n) is 11.0. The summed E-state index contributed by atoms with van der Waals surface area (Å²) in [5.74, 6) is -0.236. The molecule has 59 heavy (non-hydrogen) atoms. The summed E-state index contributed by atoms with van der Waals surface area (Å²) in [4.78, 5) is 19.6. The van der Waals surface area contributed by atoms with Gasteiger partial charge in [-0.2, -0.15) is 0 Å². The maximum atomic E-state index is 14.3. The summed E-state index contributed by atoms with van der Waals surface area (Å²) in [6.45, 7) is 3.28. The number of fused-ring (bicyclic) bond motifs is 3. The SMILES string of the molecule is Cc1cccc2[nH]cc(Sc3ccccc3CN(CN)C(CCc3ccccc3Sc3c[nH]c4ccc(F)cc34)Cc3ccccc3Sc3c[nH]c4cccc(Cl)c34)c12. The topological polar surface area (TPSA) is 76.6 Å². The summed E-state index contributed by atoms with van der Waals surface area (Å²) in [5.41, 5.74) is 14.9. The molecular weight excluding hydrogens is 809 g/mol. The van der Waals surface area contributed by atoms with Crippen molar-refractivity contribution in [2.24, 2.45) is 5.73 Å². The maximum absolute atomic E-state index is 14.3. The quantitative estimate of drug-likeness (QED) is 0.0773. The molecule has 0 fully saturated rings. The summed E-state index contributed by atoms with van der Waals surface area (Å²) >= 11 is 12.0. The molecule has 0 saturated carbocycles. The molecule has 0 amide bonds. The number of nitrogens with two attached hydrogens (primary N) is 1. The molecule has 0 aliphatic heterocycles. The van der Waals surface area contributed by atoms with Gasteiger partial charge >= 0.3 is 0 Å². The Balaban J connectivity index is 1.03. The van der Waals surface area contributed by atoms with Crippen molar-refractivity contribution >= 4 is 79.6 Å². The van der Waals surface area contributed by atoms with Crippen molar-refractivity contribution in [2.75, 3.05) is 6.67 Å². The Labute approximate surface area is 361 Å². The number of H-pyrrole nitrogens is 3. The van der Waals surface area contributed by atoms with Gasteiger partial charge in [-0.1, -0.05) is 120 Å². The van der Waals surface area contributed by atoms with Crippen LogP contribution in [0.4, 0.5) is 4.39 Å². The van der Waals surface area contributed by atoms with E-state index in [1.165, 1.54) is 53.3 Å². The van der Waals surface area contributed by atoms with Crippen molar-refractivity contribution in [1.82, 2.24) is 19.9 Å². The van der Waals surface area contributed by atoms with Crippen LogP contribution >= 0.6 is 46.9 Å². The maximum Gasteiger partial charge on any atom is 0.123 e. The van der Waals surface area contributed by atoms with Crippen molar-refractivity contribution in [3.05, 3.63) is 179 Å². The zero-order valence-electron chi connectivity index (χ0n) is 32.5. The Morgan fingerprint density at radius 1 is 0.610 bits per heavy atom. The lowest BCUT2D eigenvalue weighted by atomic mass is 9.97. The molecule has 9 rings (SSSR count). The molecule has 5 nitrogen and oxygen atoms in total. The van der Waals surface area contributed by atoms with Gasteiger partial charge in [0.15, 0.2) is 0 Å². The van der Waals surface area contributed by atoms with Crippen molar-refractivity contribution < 1.29 is 4.39 Å². The van der Waals surface area contributed by atoms with E-state index in [-0.39, 0.29) is 11.9 Å². The largest absolute Gasteiger partial charge is 0.360 e. The molecule has 0 bridgehead atoms. The molecule has 1 unspecified atom stereocenters. The molecule has 9 aromatic rings. The minimum atomic E-state index is -0.236. The highest BCUT2D eigenvalue weighted by Gasteiger charge is 2.23. The molecule has 1 atom stereocenters. The van der Waals surface area contributed by atoms with E-state index < -0.39 is 0 Å². The monoisotopic (exact) mass is 851 g/mol. The van der Waals surface area contributed by atoms with Crippen LogP contribution < -0.4 is 5.73 Å². The zero-order chi connectivity index (χ0) is 40.3. The number of aryl methyl sites for hydroxylation is 2. The fraction of sp³-hybridized carbons (Fsp3) is 0.143. The van der Waals surface area contributed by atoms with E-state index in [9.17, 15) is 4.39 Å². The summed E-state index contributed by atoms with van der Waals surface area (Å²) < 4.78 is 14.3. The average molecular weight is 853 g/mol. The predicted molar refractivity (Wildman–Crippen MR) is 247 cm³/mol. The molecule has 0 aliphatic rings.